The minimum Gasteiger partial charge on any atom is -0.354 e. The van der Waals surface area contributed by atoms with E-state index in [0.717, 1.165) is 22.5 Å². The number of thiazole rings is 1. The molecule has 0 aliphatic carbocycles. The molecule has 17 heavy (non-hydrogen) atoms. The average Bonchev–Trinajstić information content (AvgIpc) is 2.64. The average molecular weight is 312 g/mol. The van der Waals surface area contributed by atoms with E-state index in [1.54, 1.807) is 11.3 Å². The van der Waals surface area contributed by atoms with Gasteiger partial charge in [0.2, 0.25) is 0 Å². The summed E-state index contributed by atoms with van der Waals surface area (Å²) in [7, 11) is 2.06. The third-order valence-corrected chi connectivity index (χ3v) is 3.96. The molecule has 0 amide bonds. The van der Waals surface area contributed by atoms with Crippen LogP contribution in [0.3, 0.4) is 0 Å². The van der Waals surface area contributed by atoms with Crippen LogP contribution < -0.4 is 4.90 Å². The fraction of sp³-hybridized carbons (Fsp3) is 0.333. The first kappa shape index (κ1) is 12.5. The minimum absolute atomic E-state index is 0.853. The highest BCUT2D eigenvalue weighted by Gasteiger charge is 2.10. The molecule has 2 aromatic heterocycles. The van der Waals surface area contributed by atoms with Gasteiger partial charge < -0.3 is 4.90 Å². The van der Waals surface area contributed by atoms with Gasteiger partial charge in [-0.15, -0.1) is 11.3 Å². The third-order valence-electron chi connectivity index (χ3n) is 2.60. The van der Waals surface area contributed by atoms with Crippen molar-refractivity contribution in [2.45, 2.75) is 20.4 Å². The smallest absolute Gasteiger partial charge is 0.131 e. The highest BCUT2D eigenvalue weighted by Crippen LogP contribution is 2.22. The first-order valence-corrected chi connectivity index (χ1v) is 6.97. The van der Waals surface area contributed by atoms with Crippen LogP contribution in [0.15, 0.2) is 22.2 Å². The van der Waals surface area contributed by atoms with Crippen molar-refractivity contribution in [3.05, 3.63) is 38.4 Å². The van der Waals surface area contributed by atoms with Crippen molar-refractivity contribution in [2.75, 3.05) is 11.9 Å². The third kappa shape index (κ3) is 2.84. The van der Waals surface area contributed by atoms with E-state index in [0.29, 0.717) is 0 Å². The zero-order valence-corrected chi connectivity index (χ0v) is 12.5. The number of nitrogens with zero attached hydrogens (tertiary/aromatic N) is 3. The van der Waals surface area contributed by atoms with Crippen LogP contribution >= 0.6 is 27.3 Å². The van der Waals surface area contributed by atoms with Crippen molar-refractivity contribution < 1.29 is 0 Å². The summed E-state index contributed by atoms with van der Waals surface area (Å²) in [5.41, 5.74) is 4.17. The highest BCUT2D eigenvalue weighted by atomic mass is 79.9. The number of hydrogen-bond acceptors (Lipinski definition) is 4. The van der Waals surface area contributed by atoms with Crippen LogP contribution in [0.1, 0.15) is 16.1 Å². The van der Waals surface area contributed by atoms with Gasteiger partial charge in [0.1, 0.15) is 5.82 Å². The number of aromatic nitrogens is 2. The van der Waals surface area contributed by atoms with Gasteiger partial charge in [-0.1, -0.05) is 0 Å². The van der Waals surface area contributed by atoms with E-state index in [4.69, 9.17) is 0 Å². The predicted octanol–water partition coefficient (Wildman–Crippen LogP) is 3.55. The van der Waals surface area contributed by atoms with Gasteiger partial charge in [-0.25, -0.2) is 9.97 Å². The van der Waals surface area contributed by atoms with Crippen LogP contribution in [0.25, 0.3) is 0 Å². The molecule has 0 fully saturated rings. The van der Waals surface area contributed by atoms with Gasteiger partial charge in [0.15, 0.2) is 0 Å². The second-order valence-electron chi connectivity index (χ2n) is 4.01. The molecule has 0 spiro atoms. The number of halogens is 1. The van der Waals surface area contributed by atoms with Gasteiger partial charge in [-0.2, -0.15) is 0 Å². The monoisotopic (exact) mass is 311 g/mol. The summed E-state index contributed by atoms with van der Waals surface area (Å²) in [5.74, 6) is 1.01. The lowest BCUT2D eigenvalue weighted by Crippen LogP contribution is -2.18. The summed E-state index contributed by atoms with van der Waals surface area (Å²) in [6.45, 7) is 4.97. The second-order valence-corrected chi connectivity index (χ2v) is 5.87. The van der Waals surface area contributed by atoms with Crippen LogP contribution in [0, 0.1) is 13.8 Å². The molecule has 0 aliphatic heterocycles. The Morgan fingerprint density at radius 2 is 2.12 bits per heavy atom. The number of anilines is 1. The van der Waals surface area contributed by atoms with Crippen LogP contribution in [-0.2, 0) is 6.54 Å². The van der Waals surface area contributed by atoms with Crippen molar-refractivity contribution in [3.8, 4) is 0 Å². The molecule has 0 N–H and O–H groups in total. The molecule has 0 unspecified atom stereocenters. The lowest BCUT2D eigenvalue weighted by atomic mass is 10.2. The summed E-state index contributed by atoms with van der Waals surface area (Å²) in [6.07, 6.45) is 1.83. The molecule has 3 nitrogen and oxygen atoms in total. The molecule has 2 heterocycles. The lowest BCUT2D eigenvalue weighted by Gasteiger charge is -2.19. The van der Waals surface area contributed by atoms with Crippen molar-refractivity contribution in [1.29, 1.82) is 0 Å². The van der Waals surface area contributed by atoms with E-state index in [2.05, 4.69) is 50.8 Å². The number of aryl methyl sites for hydroxylation is 2. The maximum Gasteiger partial charge on any atom is 0.131 e. The van der Waals surface area contributed by atoms with Crippen LogP contribution in [0.4, 0.5) is 5.82 Å². The molecule has 0 aliphatic rings. The van der Waals surface area contributed by atoms with E-state index in [9.17, 15) is 0 Å². The fourth-order valence-corrected chi connectivity index (χ4v) is 2.98. The summed E-state index contributed by atoms with van der Waals surface area (Å²) in [6, 6.07) is 2.08. The zero-order chi connectivity index (χ0) is 12.4. The van der Waals surface area contributed by atoms with Crippen molar-refractivity contribution in [2.24, 2.45) is 0 Å². The Morgan fingerprint density at radius 1 is 1.35 bits per heavy atom. The molecular formula is C12H14BrN3S. The quantitative estimate of drug-likeness (QED) is 0.868. The van der Waals surface area contributed by atoms with Crippen molar-refractivity contribution in [3.63, 3.8) is 0 Å². The van der Waals surface area contributed by atoms with E-state index in [1.165, 1.54) is 10.4 Å². The molecule has 0 bridgehead atoms. The van der Waals surface area contributed by atoms with Crippen molar-refractivity contribution >= 4 is 33.1 Å². The van der Waals surface area contributed by atoms with Gasteiger partial charge in [-0.3, -0.25) is 0 Å². The molecule has 0 atom stereocenters. The standard InChI is InChI=1S/C12H14BrN3S/c1-8-4-10(13)5-14-12(8)16(3)6-11-9(2)15-7-17-11/h4-5,7H,6H2,1-3H3. The minimum atomic E-state index is 0.853. The van der Waals surface area contributed by atoms with Gasteiger partial charge in [0.05, 0.1) is 17.7 Å². The first-order valence-electron chi connectivity index (χ1n) is 5.30. The zero-order valence-electron chi connectivity index (χ0n) is 10.1. The topological polar surface area (TPSA) is 29.0 Å². The summed E-state index contributed by atoms with van der Waals surface area (Å²) < 4.78 is 1.01. The van der Waals surface area contributed by atoms with Gasteiger partial charge in [0, 0.05) is 22.6 Å². The van der Waals surface area contributed by atoms with Gasteiger partial charge in [0.25, 0.3) is 0 Å². The Bertz CT molecular complexity index is 524. The second kappa shape index (κ2) is 5.14. The number of pyridine rings is 1. The highest BCUT2D eigenvalue weighted by molar-refractivity contribution is 9.10. The Kier molecular flexibility index (Phi) is 3.79. The lowest BCUT2D eigenvalue weighted by molar-refractivity contribution is 0.893. The van der Waals surface area contributed by atoms with Crippen LogP contribution in [-0.4, -0.2) is 17.0 Å². The molecule has 0 aromatic carbocycles. The van der Waals surface area contributed by atoms with Crippen molar-refractivity contribution in [1.82, 2.24) is 9.97 Å². The Hall–Kier alpha value is -0.940. The largest absolute Gasteiger partial charge is 0.354 e. The molecule has 0 saturated heterocycles. The van der Waals surface area contributed by atoms with Crippen LogP contribution in [0.2, 0.25) is 0 Å². The van der Waals surface area contributed by atoms with Crippen LogP contribution in [0.5, 0.6) is 0 Å². The molecule has 90 valence electrons. The number of rotatable bonds is 3. The molecule has 2 aromatic rings. The molecule has 2 rings (SSSR count). The van der Waals surface area contributed by atoms with E-state index < -0.39 is 0 Å². The summed E-state index contributed by atoms with van der Waals surface area (Å²) in [4.78, 5) is 12.2. The Morgan fingerprint density at radius 3 is 2.71 bits per heavy atom. The maximum absolute atomic E-state index is 4.45. The normalized spacial score (nSPS) is 10.6. The molecule has 0 radical (unpaired) electrons. The Labute approximate surface area is 114 Å². The molecular weight excluding hydrogens is 298 g/mol. The van der Waals surface area contributed by atoms with Gasteiger partial charge in [-0.05, 0) is 41.4 Å². The Balaban J connectivity index is 2.20. The summed E-state index contributed by atoms with van der Waals surface area (Å²) >= 11 is 5.12. The van der Waals surface area contributed by atoms with E-state index in [-0.39, 0.29) is 0 Å². The fourth-order valence-electron chi connectivity index (χ4n) is 1.70. The first-order chi connectivity index (χ1) is 8.08. The van der Waals surface area contributed by atoms with Gasteiger partial charge >= 0.3 is 0 Å². The van der Waals surface area contributed by atoms with E-state index in [1.807, 2.05) is 18.6 Å². The van der Waals surface area contributed by atoms with E-state index >= 15 is 0 Å². The SMILES string of the molecule is Cc1cc(Br)cnc1N(C)Cc1scnc1C. The maximum atomic E-state index is 4.45. The summed E-state index contributed by atoms with van der Waals surface area (Å²) in [5, 5.41) is 0. The predicted molar refractivity (Wildman–Crippen MR) is 75.6 cm³/mol. The molecule has 5 heteroatoms. The molecule has 0 saturated carbocycles. The number of hydrogen-bond donors (Lipinski definition) is 0.